The first-order valence-electron chi connectivity index (χ1n) is 19.3. The van der Waals surface area contributed by atoms with E-state index in [1.807, 2.05) is 36.4 Å². The van der Waals surface area contributed by atoms with E-state index in [1.54, 1.807) is 21.3 Å². The summed E-state index contributed by atoms with van der Waals surface area (Å²) in [5.74, 6) is 3.63. The van der Waals surface area contributed by atoms with Gasteiger partial charge in [-0.15, -0.1) is 0 Å². The second-order valence-corrected chi connectivity index (χ2v) is 12.7. The van der Waals surface area contributed by atoms with Gasteiger partial charge in [0.25, 0.3) is 0 Å². The molecule has 0 bridgehead atoms. The molecule has 4 rings (SSSR count). The van der Waals surface area contributed by atoms with Crippen LogP contribution in [0.3, 0.4) is 0 Å². The van der Waals surface area contributed by atoms with Gasteiger partial charge in [-0.2, -0.15) is 0 Å². The van der Waals surface area contributed by atoms with Crippen molar-refractivity contribution < 1.29 is 72.2 Å². The lowest BCUT2D eigenvalue weighted by atomic mass is 9.94. The molecule has 0 aliphatic heterocycles. The molecule has 0 radical (unpaired) electrons. The minimum atomic E-state index is -0.0262. The van der Waals surface area contributed by atoms with Gasteiger partial charge in [0.15, 0.2) is 34.5 Å². The number of hydrogen-bond donors (Lipinski definition) is 3. The van der Waals surface area contributed by atoms with Crippen LogP contribution in [0.2, 0.25) is 0 Å². The van der Waals surface area contributed by atoms with Crippen molar-refractivity contribution in [3.8, 4) is 34.5 Å². The Morgan fingerprint density at radius 3 is 0.754 bits per heavy atom. The highest BCUT2D eigenvalue weighted by atomic mass is 16.6. The van der Waals surface area contributed by atoms with Gasteiger partial charge in [0, 0.05) is 0 Å². The molecule has 318 valence electrons. The van der Waals surface area contributed by atoms with E-state index in [-0.39, 0.29) is 39.6 Å². The summed E-state index contributed by atoms with van der Waals surface area (Å²) in [7, 11) is 4.88. The number of fused-ring (bicyclic) bond motifs is 3. The monoisotopic (exact) mass is 804 g/mol. The maximum absolute atomic E-state index is 8.89. The Hall–Kier alpha value is -3.90. The lowest BCUT2D eigenvalue weighted by molar-refractivity contribution is 0.0245. The number of ether oxygens (including phenoxy) is 12. The van der Waals surface area contributed by atoms with Crippen LogP contribution in [0, 0.1) is 0 Å². The SMILES string of the molecule is COc1cc2c(cc1OCCOCCOCCO)Cc1cc(OC)c(OCCOCCOCCO)cc1Cc1cc(OC)c(OCCOCCOCCO)cc1C2. The molecule has 1 aliphatic rings. The third kappa shape index (κ3) is 15.4. The van der Waals surface area contributed by atoms with E-state index in [0.29, 0.717) is 133 Å². The molecule has 1 aliphatic carbocycles. The minimum absolute atomic E-state index is 0.0262. The first-order chi connectivity index (χ1) is 28.0. The Morgan fingerprint density at radius 1 is 0.316 bits per heavy atom. The average Bonchev–Trinajstić information content (AvgIpc) is 3.28. The Labute approximate surface area is 335 Å². The van der Waals surface area contributed by atoms with Gasteiger partial charge in [0.1, 0.15) is 19.8 Å². The summed E-state index contributed by atoms with van der Waals surface area (Å²) in [6.07, 6.45) is 1.77. The van der Waals surface area contributed by atoms with Crippen molar-refractivity contribution in [1.82, 2.24) is 0 Å². The summed E-state index contributed by atoms with van der Waals surface area (Å²) >= 11 is 0. The molecular weight excluding hydrogens is 744 g/mol. The van der Waals surface area contributed by atoms with Gasteiger partial charge >= 0.3 is 0 Å². The Balaban J connectivity index is 1.62. The number of aliphatic hydroxyl groups excluding tert-OH is 3. The first kappa shape index (κ1) is 45.8. The van der Waals surface area contributed by atoms with Crippen LogP contribution >= 0.6 is 0 Å². The van der Waals surface area contributed by atoms with Crippen LogP contribution in [0.4, 0.5) is 0 Å². The summed E-state index contributed by atoms with van der Waals surface area (Å²) in [4.78, 5) is 0. The minimum Gasteiger partial charge on any atom is -0.493 e. The lowest BCUT2D eigenvalue weighted by Crippen LogP contribution is -2.12. The third-order valence-electron chi connectivity index (χ3n) is 8.88. The second kappa shape index (κ2) is 26.9. The molecule has 57 heavy (non-hydrogen) atoms. The van der Waals surface area contributed by atoms with Crippen LogP contribution in [0.25, 0.3) is 0 Å². The van der Waals surface area contributed by atoms with Gasteiger partial charge < -0.3 is 72.2 Å². The molecule has 0 heterocycles. The highest BCUT2D eigenvalue weighted by Gasteiger charge is 2.23. The van der Waals surface area contributed by atoms with Crippen molar-refractivity contribution in [2.45, 2.75) is 19.3 Å². The highest BCUT2D eigenvalue weighted by molar-refractivity contribution is 5.58. The van der Waals surface area contributed by atoms with Crippen molar-refractivity contribution in [1.29, 1.82) is 0 Å². The Morgan fingerprint density at radius 2 is 0.526 bits per heavy atom. The molecule has 0 saturated carbocycles. The average molecular weight is 805 g/mol. The topological polar surface area (TPSA) is 171 Å². The maximum Gasteiger partial charge on any atom is 0.161 e. The van der Waals surface area contributed by atoms with Gasteiger partial charge in [-0.3, -0.25) is 0 Å². The quantitative estimate of drug-likeness (QED) is 0.0657. The maximum atomic E-state index is 8.89. The standard InChI is InChI=1S/C42H60O15/c1-46-37-25-31-22-35-29-41(56-20-17-53-14-11-50-8-5-44)39(48-3)27-33(35)24-36-30-42(57-21-18-54-15-12-51-9-6-45)38(47-2)26-32(36)23-34(31)28-40(37)55-19-16-52-13-10-49-7-4-43/h25-30,43-45H,4-24H2,1-3H3. The summed E-state index contributed by atoms with van der Waals surface area (Å²) in [6, 6.07) is 12.2. The van der Waals surface area contributed by atoms with Crippen LogP contribution in [0.5, 0.6) is 34.5 Å². The molecule has 15 nitrogen and oxygen atoms in total. The zero-order chi connectivity index (χ0) is 40.5. The fraction of sp³-hybridized carbons (Fsp3) is 0.571. The van der Waals surface area contributed by atoms with Gasteiger partial charge in [0.2, 0.25) is 0 Å². The van der Waals surface area contributed by atoms with E-state index < -0.39 is 0 Å². The van der Waals surface area contributed by atoms with Crippen LogP contribution < -0.4 is 28.4 Å². The Kier molecular flexibility index (Phi) is 21.6. The van der Waals surface area contributed by atoms with E-state index in [9.17, 15) is 0 Å². The highest BCUT2D eigenvalue weighted by Crippen LogP contribution is 2.41. The molecular formula is C42H60O15. The molecule has 0 unspecified atom stereocenters. The number of methoxy groups -OCH3 is 3. The fourth-order valence-electron chi connectivity index (χ4n) is 6.14. The summed E-state index contributed by atoms with van der Waals surface area (Å²) < 4.78 is 68.9. The Bertz CT molecular complexity index is 1400. The lowest BCUT2D eigenvalue weighted by Gasteiger charge is -2.18. The van der Waals surface area contributed by atoms with E-state index in [2.05, 4.69) is 0 Å². The van der Waals surface area contributed by atoms with Crippen LogP contribution in [0.1, 0.15) is 33.4 Å². The molecule has 15 heteroatoms. The summed E-state index contributed by atoms with van der Waals surface area (Å²) in [6.45, 7) is 5.10. The van der Waals surface area contributed by atoms with E-state index in [0.717, 1.165) is 33.4 Å². The van der Waals surface area contributed by atoms with Crippen LogP contribution in [-0.2, 0) is 47.7 Å². The molecule has 3 N–H and O–H groups in total. The van der Waals surface area contributed by atoms with Crippen molar-refractivity contribution in [3.05, 3.63) is 69.8 Å². The first-order valence-corrected chi connectivity index (χ1v) is 19.3. The summed E-state index contributed by atoms with van der Waals surface area (Å²) in [5, 5.41) is 26.7. The van der Waals surface area contributed by atoms with Crippen molar-refractivity contribution in [2.75, 3.05) is 140 Å². The predicted molar refractivity (Wildman–Crippen MR) is 210 cm³/mol. The van der Waals surface area contributed by atoms with Gasteiger partial charge in [-0.05, 0) is 89.0 Å². The van der Waals surface area contributed by atoms with Crippen LogP contribution in [-0.4, -0.2) is 156 Å². The van der Waals surface area contributed by atoms with Crippen molar-refractivity contribution in [3.63, 3.8) is 0 Å². The number of aliphatic hydroxyl groups is 3. The van der Waals surface area contributed by atoms with E-state index in [4.69, 9.17) is 72.2 Å². The van der Waals surface area contributed by atoms with E-state index >= 15 is 0 Å². The normalized spacial score (nSPS) is 12.1. The van der Waals surface area contributed by atoms with Crippen molar-refractivity contribution >= 4 is 0 Å². The van der Waals surface area contributed by atoms with Gasteiger partial charge in [0.05, 0.1) is 120 Å². The largest absolute Gasteiger partial charge is 0.493 e. The number of benzene rings is 3. The van der Waals surface area contributed by atoms with Crippen LogP contribution in [0.15, 0.2) is 36.4 Å². The molecule has 0 fully saturated rings. The smallest absolute Gasteiger partial charge is 0.161 e. The summed E-state index contributed by atoms with van der Waals surface area (Å²) in [5.41, 5.74) is 6.36. The molecule has 0 spiro atoms. The van der Waals surface area contributed by atoms with Gasteiger partial charge in [-0.25, -0.2) is 0 Å². The fourth-order valence-corrected chi connectivity index (χ4v) is 6.14. The molecule has 0 atom stereocenters. The zero-order valence-electron chi connectivity index (χ0n) is 33.6. The zero-order valence-corrected chi connectivity index (χ0v) is 33.6. The molecule has 0 amide bonds. The van der Waals surface area contributed by atoms with E-state index in [1.165, 1.54) is 0 Å². The number of rotatable bonds is 30. The molecule has 3 aromatic carbocycles. The number of hydrogen-bond acceptors (Lipinski definition) is 15. The molecule has 0 aromatic heterocycles. The predicted octanol–water partition coefficient (Wildman–Crippen LogP) is 3.01. The second-order valence-electron chi connectivity index (χ2n) is 12.7. The molecule has 0 saturated heterocycles. The molecule has 3 aromatic rings. The van der Waals surface area contributed by atoms with Gasteiger partial charge in [-0.1, -0.05) is 0 Å². The van der Waals surface area contributed by atoms with Crippen molar-refractivity contribution in [2.24, 2.45) is 0 Å². The third-order valence-corrected chi connectivity index (χ3v) is 8.88.